The molecule has 0 aromatic carbocycles. The van der Waals surface area contributed by atoms with Gasteiger partial charge in [0.25, 0.3) is 0 Å². The van der Waals surface area contributed by atoms with Crippen molar-refractivity contribution >= 4 is 28.9 Å². The molecule has 0 aliphatic carbocycles. The molecule has 0 spiro atoms. The fourth-order valence-corrected chi connectivity index (χ4v) is 3.13. The Balaban J connectivity index is 2.18. The minimum atomic E-state index is -0.144. The maximum absolute atomic E-state index is 11.5. The Kier molecular flexibility index (Phi) is 3.29. The molecule has 1 aliphatic rings. The number of carbonyl (C=O) groups excluding carboxylic acids is 1. The SMILES string of the molecule is COC(=O)[C@H]1CNC[C@@H]1c1ccc(Cl)s1. The van der Waals surface area contributed by atoms with Crippen molar-refractivity contribution < 1.29 is 9.53 Å². The van der Waals surface area contributed by atoms with E-state index >= 15 is 0 Å². The Labute approximate surface area is 97.4 Å². The highest BCUT2D eigenvalue weighted by Gasteiger charge is 2.35. The summed E-state index contributed by atoms with van der Waals surface area (Å²) in [6.45, 7) is 1.50. The fourth-order valence-electron chi connectivity index (χ4n) is 1.90. The highest BCUT2D eigenvalue weighted by molar-refractivity contribution is 7.16. The van der Waals surface area contributed by atoms with Crippen LogP contribution in [0.3, 0.4) is 0 Å². The van der Waals surface area contributed by atoms with E-state index in [-0.39, 0.29) is 17.8 Å². The molecule has 0 bridgehead atoms. The standard InChI is InChI=1S/C10H12ClNO2S/c1-14-10(13)7-5-12-4-6(7)8-2-3-9(11)15-8/h2-3,6-7,12H,4-5H2,1H3/t6-,7-/m0/s1. The second-order valence-electron chi connectivity index (χ2n) is 3.54. The van der Waals surface area contributed by atoms with Gasteiger partial charge in [-0.25, -0.2) is 0 Å². The van der Waals surface area contributed by atoms with Crippen LogP contribution in [0, 0.1) is 5.92 Å². The summed E-state index contributed by atoms with van der Waals surface area (Å²) in [6, 6.07) is 3.86. The monoisotopic (exact) mass is 245 g/mol. The minimum absolute atomic E-state index is 0.0790. The molecule has 0 saturated carbocycles. The van der Waals surface area contributed by atoms with Crippen LogP contribution < -0.4 is 5.32 Å². The topological polar surface area (TPSA) is 38.3 Å². The molecule has 2 rings (SSSR count). The third kappa shape index (κ3) is 2.17. The number of methoxy groups -OCH3 is 1. The van der Waals surface area contributed by atoms with Crippen molar-refractivity contribution in [3.63, 3.8) is 0 Å². The first-order valence-electron chi connectivity index (χ1n) is 4.76. The van der Waals surface area contributed by atoms with E-state index in [2.05, 4.69) is 5.32 Å². The van der Waals surface area contributed by atoms with Gasteiger partial charge in [-0.15, -0.1) is 11.3 Å². The zero-order valence-corrected chi connectivity index (χ0v) is 9.90. The van der Waals surface area contributed by atoms with Crippen LogP contribution in [0.5, 0.6) is 0 Å². The van der Waals surface area contributed by atoms with Gasteiger partial charge in [0.1, 0.15) is 0 Å². The number of nitrogens with one attached hydrogen (secondary N) is 1. The van der Waals surface area contributed by atoms with E-state index in [0.717, 1.165) is 15.8 Å². The first kappa shape index (κ1) is 10.9. The third-order valence-corrected chi connectivity index (χ3v) is 4.04. The van der Waals surface area contributed by atoms with Gasteiger partial charge < -0.3 is 10.1 Å². The summed E-state index contributed by atoms with van der Waals surface area (Å²) < 4.78 is 5.55. The van der Waals surface area contributed by atoms with Crippen LogP contribution in [0.1, 0.15) is 10.8 Å². The van der Waals surface area contributed by atoms with E-state index in [1.54, 1.807) is 0 Å². The van der Waals surface area contributed by atoms with E-state index in [1.165, 1.54) is 18.4 Å². The maximum atomic E-state index is 11.5. The number of hydrogen-bond acceptors (Lipinski definition) is 4. The highest BCUT2D eigenvalue weighted by atomic mass is 35.5. The van der Waals surface area contributed by atoms with Gasteiger partial charge in [-0.2, -0.15) is 0 Å². The number of carbonyl (C=O) groups is 1. The van der Waals surface area contributed by atoms with Crippen molar-refractivity contribution in [2.75, 3.05) is 20.2 Å². The number of halogens is 1. The summed E-state index contributed by atoms with van der Waals surface area (Å²) in [7, 11) is 1.43. The van der Waals surface area contributed by atoms with Gasteiger partial charge >= 0.3 is 5.97 Å². The molecule has 1 aromatic heterocycles. The van der Waals surface area contributed by atoms with Crippen LogP contribution in [0.25, 0.3) is 0 Å². The predicted octanol–water partition coefficient (Wildman–Crippen LogP) is 1.88. The van der Waals surface area contributed by atoms with Crippen molar-refractivity contribution in [1.29, 1.82) is 0 Å². The molecular weight excluding hydrogens is 234 g/mol. The minimum Gasteiger partial charge on any atom is -0.469 e. The average molecular weight is 246 g/mol. The third-order valence-electron chi connectivity index (χ3n) is 2.68. The number of rotatable bonds is 2. The first-order chi connectivity index (χ1) is 7.22. The van der Waals surface area contributed by atoms with Gasteiger partial charge in [-0.1, -0.05) is 11.6 Å². The summed E-state index contributed by atoms with van der Waals surface area (Å²) in [5.41, 5.74) is 0. The van der Waals surface area contributed by atoms with Crippen molar-refractivity contribution in [2.45, 2.75) is 5.92 Å². The Morgan fingerprint density at radius 3 is 3.00 bits per heavy atom. The van der Waals surface area contributed by atoms with Gasteiger partial charge in [0.05, 0.1) is 17.4 Å². The molecule has 0 amide bonds. The van der Waals surface area contributed by atoms with Gasteiger partial charge in [0.15, 0.2) is 0 Å². The zero-order valence-electron chi connectivity index (χ0n) is 8.33. The maximum Gasteiger partial charge on any atom is 0.310 e. The van der Waals surface area contributed by atoms with Crippen LogP contribution in [-0.2, 0) is 9.53 Å². The quantitative estimate of drug-likeness (QED) is 0.809. The molecule has 82 valence electrons. The van der Waals surface area contributed by atoms with Gasteiger partial charge in [-0.05, 0) is 12.1 Å². The Morgan fingerprint density at radius 1 is 1.60 bits per heavy atom. The lowest BCUT2D eigenvalue weighted by atomic mass is 9.95. The average Bonchev–Trinajstić information content (AvgIpc) is 2.84. The summed E-state index contributed by atoms with van der Waals surface area (Å²) in [4.78, 5) is 12.7. The van der Waals surface area contributed by atoms with Gasteiger partial charge in [-0.3, -0.25) is 4.79 Å². The summed E-state index contributed by atoms with van der Waals surface area (Å²) in [5, 5.41) is 3.21. The molecule has 0 unspecified atom stereocenters. The number of esters is 1. The van der Waals surface area contributed by atoms with Crippen LogP contribution in [0.15, 0.2) is 12.1 Å². The Hall–Kier alpha value is -0.580. The number of hydrogen-bond donors (Lipinski definition) is 1. The summed E-state index contributed by atoms with van der Waals surface area (Å²) >= 11 is 7.42. The molecule has 3 nitrogen and oxygen atoms in total. The van der Waals surface area contributed by atoms with Crippen molar-refractivity contribution in [1.82, 2.24) is 5.32 Å². The van der Waals surface area contributed by atoms with E-state index in [4.69, 9.17) is 16.3 Å². The van der Waals surface area contributed by atoms with Crippen LogP contribution >= 0.6 is 22.9 Å². The molecule has 2 atom stereocenters. The van der Waals surface area contributed by atoms with Crippen molar-refractivity contribution in [3.8, 4) is 0 Å². The molecule has 0 radical (unpaired) electrons. The lowest BCUT2D eigenvalue weighted by molar-refractivity contribution is -0.145. The fraction of sp³-hybridized carbons (Fsp3) is 0.500. The van der Waals surface area contributed by atoms with Crippen LogP contribution in [0.2, 0.25) is 4.34 Å². The van der Waals surface area contributed by atoms with Crippen LogP contribution in [-0.4, -0.2) is 26.2 Å². The largest absolute Gasteiger partial charge is 0.469 e. The molecule has 1 aromatic rings. The lowest BCUT2D eigenvalue weighted by Gasteiger charge is -2.14. The van der Waals surface area contributed by atoms with E-state index < -0.39 is 0 Å². The summed E-state index contributed by atoms with van der Waals surface area (Å²) in [5.74, 6) is -0.0193. The molecule has 1 fully saturated rings. The Morgan fingerprint density at radius 2 is 2.40 bits per heavy atom. The molecule has 5 heteroatoms. The lowest BCUT2D eigenvalue weighted by Crippen LogP contribution is -2.22. The zero-order chi connectivity index (χ0) is 10.8. The predicted molar refractivity (Wildman–Crippen MR) is 60.4 cm³/mol. The molecule has 15 heavy (non-hydrogen) atoms. The second kappa shape index (κ2) is 4.51. The van der Waals surface area contributed by atoms with Crippen molar-refractivity contribution in [2.24, 2.45) is 5.92 Å². The van der Waals surface area contributed by atoms with Crippen molar-refractivity contribution in [3.05, 3.63) is 21.3 Å². The van der Waals surface area contributed by atoms with Gasteiger partial charge in [0, 0.05) is 23.9 Å². The molecular formula is C10H12ClNO2S. The van der Waals surface area contributed by atoms with Gasteiger partial charge in [0.2, 0.25) is 0 Å². The highest BCUT2D eigenvalue weighted by Crippen LogP contribution is 2.35. The molecule has 2 heterocycles. The van der Waals surface area contributed by atoms with Crippen LogP contribution in [0.4, 0.5) is 0 Å². The van der Waals surface area contributed by atoms with E-state index in [0.29, 0.717) is 6.54 Å². The molecule has 1 aliphatic heterocycles. The molecule has 1 saturated heterocycles. The Bertz CT molecular complexity index is 366. The second-order valence-corrected chi connectivity index (χ2v) is 5.28. The number of thiophene rings is 1. The smallest absolute Gasteiger partial charge is 0.310 e. The molecule has 1 N–H and O–H groups in total. The number of ether oxygens (including phenoxy) is 1. The normalized spacial score (nSPS) is 25.5. The van der Waals surface area contributed by atoms with E-state index in [9.17, 15) is 4.79 Å². The summed E-state index contributed by atoms with van der Waals surface area (Å²) in [6.07, 6.45) is 0. The van der Waals surface area contributed by atoms with E-state index in [1.807, 2.05) is 12.1 Å². The first-order valence-corrected chi connectivity index (χ1v) is 5.95.